The largest absolute Gasteiger partial charge is 0.375 e. The molecule has 3 aromatic carbocycles. The van der Waals surface area contributed by atoms with E-state index in [0.29, 0.717) is 41.9 Å². The monoisotopic (exact) mass is 940 g/mol. The maximum atomic E-state index is 14.2. The van der Waals surface area contributed by atoms with E-state index in [2.05, 4.69) is 60.9 Å². The first-order chi connectivity index (χ1) is 30.9. The molecule has 65 heavy (non-hydrogen) atoms. The third-order valence-electron chi connectivity index (χ3n) is 12.7. The number of nitrogens with zero attached hydrogens (tertiary/aromatic N) is 7. The molecule has 0 radical (unpaired) electrons. The van der Waals surface area contributed by atoms with E-state index in [-0.39, 0.29) is 29.8 Å². The fourth-order valence-corrected chi connectivity index (χ4v) is 11.2. The number of fused-ring (bicyclic) bond motifs is 2. The molecule has 340 valence electrons. The number of rotatable bonds is 12. The van der Waals surface area contributed by atoms with Gasteiger partial charge in [-0.25, -0.2) is 35.5 Å². The van der Waals surface area contributed by atoms with Crippen molar-refractivity contribution < 1.29 is 26.6 Å². The van der Waals surface area contributed by atoms with Gasteiger partial charge in [-0.3, -0.25) is 19.8 Å². The zero-order valence-corrected chi connectivity index (χ0v) is 38.5. The summed E-state index contributed by atoms with van der Waals surface area (Å²) in [5, 5.41) is 21.4. The van der Waals surface area contributed by atoms with Crippen LogP contribution in [0.3, 0.4) is 0 Å². The Morgan fingerprint density at radius 3 is 2.48 bits per heavy atom. The minimum Gasteiger partial charge on any atom is -0.375 e. The van der Waals surface area contributed by atoms with Gasteiger partial charge >= 0.3 is 0 Å². The van der Waals surface area contributed by atoms with Crippen LogP contribution in [0.25, 0.3) is 33.3 Å². The third-order valence-corrected chi connectivity index (χ3v) is 15.6. The van der Waals surface area contributed by atoms with Gasteiger partial charge in [-0.1, -0.05) is 43.2 Å². The Labute approximate surface area is 381 Å². The molecule has 3 N–H and O–H groups in total. The fourth-order valence-electron chi connectivity index (χ4n) is 9.15. The summed E-state index contributed by atoms with van der Waals surface area (Å²) in [6, 6.07) is 20.0. The summed E-state index contributed by atoms with van der Waals surface area (Å²) < 4.78 is 56.7. The summed E-state index contributed by atoms with van der Waals surface area (Å²) in [7, 11) is -8.11. The second-order valence-electron chi connectivity index (χ2n) is 17.9. The molecule has 1 atom stereocenters. The average molecular weight is 942 g/mol. The second-order valence-corrected chi connectivity index (χ2v) is 22.0. The van der Waals surface area contributed by atoms with E-state index in [9.17, 15) is 31.7 Å². The zero-order chi connectivity index (χ0) is 45.8. The molecule has 3 aliphatic rings. The maximum absolute atomic E-state index is 14.2. The molecule has 0 spiro atoms. The summed E-state index contributed by atoms with van der Waals surface area (Å²) in [6.45, 7) is 8.89. The lowest BCUT2D eigenvalue weighted by Gasteiger charge is -2.39. The lowest BCUT2D eigenvalue weighted by molar-refractivity contribution is -0.384. The summed E-state index contributed by atoms with van der Waals surface area (Å²) in [4.78, 5) is 37.7. The molecule has 2 fully saturated rings. The number of benzene rings is 3. The van der Waals surface area contributed by atoms with Crippen molar-refractivity contribution in [3.05, 3.63) is 117 Å². The first-order valence-corrected chi connectivity index (χ1v) is 25.1. The molecule has 9 rings (SSSR count). The number of halogens is 1. The van der Waals surface area contributed by atoms with Gasteiger partial charge in [-0.05, 0) is 96.8 Å². The number of nitrogens with one attached hydrogen (secondary N) is 3. The number of carbonyl (C=O) groups is 1. The SMILES string of the molecule is CC1(C)CCC(CN2CCN(c3ccc(C(=O)NS(=O)(=O)c4ccc(NC5CCN(S(C)(=O)=O)C5)c([N+](=O)[O-])c4)c(-n4ncc5nc6[nH]ccc6cc54)c3)CC2)=C(c2ccc(Cl)cc2)C1. The standard InChI is InChI=1S/C45H49ClN10O7S2/c1-45(2)15-12-31(37(25-45)29-4-6-32(46)7-5-29)27-52-18-20-53(21-19-52)34-8-10-36(40(23-34)55-41-22-30-13-16-47-43(30)50-39(41)26-48-55)44(57)51-65(62,63)35-9-11-38(42(24-35)56(58)59)49-33-14-17-54(28-33)64(3,60)61/h4-11,13,16,22-24,26,33,49H,12,14-15,17-21,25,27-28H2,1-3H3,(H,47,50)(H,51,57). The summed E-state index contributed by atoms with van der Waals surface area (Å²) in [5.41, 5.74) is 6.71. The Hall–Kier alpha value is -5.86. The number of piperazine rings is 1. The van der Waals surface area contributed by atoms with E-state index in [1.807, 2.05) is 30.3 Å². The number of nitro groups is 1. The van der Waals surface area contributed by atoms with E-state index in [1.54, 1.807) is 29.2 Å². The first-order valence-electron chi connectivity index (χ1n) is 21.4. The Morgan fingerprint density at radius 2 is 1.75 bits per heavy atom. The van der Waals surface area contributed by atoms with E-state index in [4.69, 9.17) is 11.6 Å². The number of hydrogen-bond donors (Lipinski definition) is 3. The van der Waals surface area contributed by atoms with Crippen molar-refractivity contribution >= 4 is 82.3 Å². The normalized spacial score (nSPS) is 18.7. The lowest BCUT2D eigenvalue weighted by Crippen LogP contribution is -2.47. The van der Waals surface area contributed by atoms with Gasteiger partial charge in [-0.15, -0.1) is 0 Å². The first kappa shape index (κ1) is 44.3. The highest BCUT2D eigenvalue weighted by Gasteiger charge is 2.33. The number of aromatic amines is 1. The molecule has 3 aromatic heterocycles. The van der Waals surface area contributed by atoms with E-state index in [1.165, 1.54) is 27.1 Å². The maximum Gasteiger partial charge on any atom is 0.293 e. The lowest BCUT2D eigenvalue weighted by atomic mass is 9.72. The quantitative estimate of drug-likeness (QED) is 0.0854. The van der Waals surface area contributed by atoms with Gasteiger partial charge in [0.05, 0.1) is 39.0 Å². The fraction of sp³-hybridized carbons (Fsp3) is 0.356. The molecule has 5 heterocycles. The summed E-state index contributed by atoms with van der Waals surface area (Å²) >= 11 is 6.25. The van der Waals surface area contributed by atoms with E-state index in [0.717, 1.165) is 73.4 Å². The van der Waals surface area contributed by atoms with Gasteiger partial charge in [0, 0.05) is 80.2 Å². The molecule has 0 bridgehead atoms. The second kappa shape index (κ2) is 17.2. The number of amides is 1. The van der Waals surface area contributed by atoms with Gasteiger partial charge in [0.2, 0.25) is 10.0 Å². The molecule has 6 aromatic rings. The van der Waals surface area contributed by atoms with Crippen molar-refractivity contribution in [2.24, 2.45) is 5.41 Å². The van der Waals surface area contributed by atoms with Crippen molar-refractivity contribution in [1.82, 2.24) is 33.7 Å². The van der Waals surface area contributed by atoms with Crippen LogP contribution in [-0.2, 0) is 20.0 Å². The van der Waals surface area contributed by atoms with Crippen LogP contribution in [-0.4, -0.2) is 115 Å². The minimum absolute atomic E-state index is 0.00136. The minimum atomic E-state index is -4.66. The van der Waals surface area contributed by atoms with Gasteiger partial charge in [-0.2, -0.15) is 5.10 Å². The molecule has 20 heteroatoms. The number of pyridine rings is 1. The molecule has 2 saturated heterocycles. The number of allylic oxidation sites excluding steroid dienone is 1. The van der Waals surface area contributed by atoms with E-state index >= 15 is 0 Å². The number of hydrogen-bond acceptors (Lipinski definition) is 12. The molecule has 1 unspecified atom stereocenters. The van der Waals surface area contributed by atoms with Crippen molar-refractivity contribution in [3.8, 4) is 5.69 Å². The molecule has 17 nitrogen and oxygen atoms in total. The van der Waals surface area contributed by atoms with Gasteiger partial charge in [0.15, 0.2) is 0 Å². The number of H-pyrrole nitrogens is 1. The predicted molar refractivity (Wildman–Crippen MR) is 252 cm³/mol. The Morgan fingerprint density at radius 1 is 0.985 bits per heavy atom. The van der Waals surface area contributed by atoms with Crippen molar-refractivity contribution in [3.63, 3.8) is 0 Å². The van der Waals surface area contributed by atoms with Crippen LogP contribution in [0.2, 0.25) is 5.02 Å². The van der Waals surface area contributed by atoms with Crippen molar-refractivity contribution in [2.45, 2.75) is 50.5 Å². The molecular formula is C45H49ClN10O7S2. The zero-order valence-electron chi connectivity index (χ0n) is 36.1. The Kier molecular flexibility index (Phi) is 11.7. The number of carbonyl (C=O) groups excluding carboxylic acids is 1. The molecule has 2 aliphatic heterocycles. The smallest absolute Gasteiger partial charge is 0.293 e. The Balaban J connectivity index is 0.978. The number of sulfonamides is 2. The van der Waals surface area contributed by atoms with Crippen LogP contribution in [0.4, 0.5) is 17.1 Å². The van der Waals surface area contributed by atoms with E-state index < -0.39 is 47.5 Å². The molecule has 0 saturated carbocycles. The summed E-state index contributed by atoms with van der Waals surface area (Å²) in [5.74, 6) is -0.965. The van der Waals surface area contributed by atoms with Crippen LogP contribution >= 0.6 is 11.6 Å². The number of aromatic nitrogens is 4. The highest BCUT2D eigenvalue weighted by molar-refractivity contribution is 7.90. The predicted octanol–water partition coefficient (Wildman–Crippen LogP) is 6.81. The van der Waals surface area contributed by atoms with Gasteiger partial charge in [0.1, 0.15) is 16.9 Å². The van der Waals surface area contributed by atoms with Gasteiger partial charge < -0.3 is 15.2 Å². The number of anilines is 2. The molecule has 1 amide bonds. The van der Waals surface area contributed by atoms with Crippen LogP contribution in [0, 0.1) is 15.5 Å². The Bertz CT molecular complexity index is 3110. The number of nitro benzene ring substituents is 1. The van der Waals surface area contributed by atoms with Gasteiger partial charge in [0.25, 0.3) is 21.6 Å². The van der Waals surface area contributed by atoms with Crippen molar-refractivity contribution in [2.75, 3.05) is 62.3 Å². The topological polar surface area (TPSA) is 209 Å². The highest BCUT2D eigenvalue weighted by Crippen LogP contribution is 2.43. The van der Waals surface area contributed by atoms with Crippen LogP contribution in [0.15, 0.2) is 95.7 Å². The third kappa shape index (κ3) is 9.33. The van der Waals surface area contributed by atoms with Crippen LogP contribution < -0.4 is 14.9 Å². The van der Waals surface area contributed by atoms with Crippen LogP contribution in [0.5, 0.6) is 0 Å². The van der Waals surface area contributed by atoms with Crippen molar-refractivity contribution in [1.29, 1.82) is 0 Å². The van der Waals surface area contributed by atoms with Crippen LogP contribution in [0.1, 0.15) is 55.5 Å². The average Bonchev–Trinajstić information content (AvgIpc) is 4.04. The molecular weight excluding hydrogens is 892 g/mol. The summed E-state index contributed by atoms with van der Waals surface area (Å²) in [6.07, 6.45) is 8.00. The molecule has 1 aliphatic carbocycles. The highest BCUT2D eigenvalue weighted by atomic mass is 35.5.